The van der Waals surface area contributed by atoms with Gasteiger partial charge in [-0.15, -0.1) is 11.8 Å². The van der Waals surface area contributed by atoms with Gasteiger partial charge >= 0.3 is 12.1 Å². The molecule has 0 saturated carbocycles. The number of thioether (sulfide) groups is 1. The number of nitriles is 1. The predicted octanol–water partition coefficient (Wildman–Crippen LogP) is 1.99. The number of alkyl halides is 3. The van der Waals surface area contributed by atoms with Gasteiger partial charge in [-0.2, -0.15) is 22.7 Å². The first-order valence-corrected chi connectivity index (χ1v) is 13.5. The van der Waals surface area contributed by atoms with Gasteiger partial charge in [0.25, 0.3) is 0 Å². The number of nitrogens with zero attached hydrogens (tertiary/aromatic N) is 4. The molecule has 2 aliphatic heterocycles. The lowest BCUT2D eigenvalue weighted by Gasteiger charge is -2.34. The van der Waals surface area contributed by atoms with Gasteiger partial charge < -0.3 is 10.0 Å². The second-order valence-electron chi connectivity index (χ2n) is 7.93. The molecule has 0 bridgehead atoms. The highest BCUT2D eigenvalue weighted by Crippen LogP contribution is 2.23. The summed E-state index contributed by atoms with van der Waals surface area (Å²) in [5, 5.41) is 18.5. The fourth-order valence-corrected chi connectivity index (χ4v) is 6.13. The number of likely N-dealkylation sites (N-methyl/N-ethyl adjacent to an activating group) is 1. The first-order chi connectivity index (χ1) is 16.8. The van der Waals surface area contributed by atoms with Gasteiger partial charge in [0.05, 0.1) is 23.4 Å². The van der Waals surface area contributed by atoms with Gasteiger partial charge in [-0.05, 0) is 37.1 Å². The van der Waals surface area contributed by atoms with Crippen molar-refractivity contribution in [1.29, 1.82) is 5.26 Å². The van der Waals surface area contributed by atoms with Crippen LogP contribution in [0.2, 0.25) is 5.02 Å². The molecule has 200 valence electrons. The smallest absolute Gasteiger partial charge is 0.475 e. The summed E-state index contributed by atoms with van der Waals surface area (Å²) in [4.78, 5) is 23.2. The maximum absolute atomic E-state index is 12.8. The Hall–Kier alpha value is -2.09. The van der Waals surface area contributed by atoms with Crippen LogP contribution < -0.4 is 5.43 Å². The molecule has 0 aromatic heterocycles. The lowest BCUT2D eigenvalue weighted by Crippen LogP contribution is -2.52. The minimum absolute atomic E-state index is 0.0840. The summed E-state index contributed by atoms with van der Waals surface area (Å²) < 4.78 is 58.7. The van der Waals surface area contributed by atoms with Crippen LogP contribution in [0.5, 0.6) is 0 Å². The van der Waals surface area contributed by atoms with E-state index in [0.29, 0.717) is 42.6 Å². The Kier molecular flexibility index (Phi) is 10.8. The van der Waals surface area contributed by atoms with Crippen LogP contribution >= 0.6 is 23.4 Å². The van der Waals surface area contributed by atoms with Crippen LogP contribution in [0.3, 0.4) is 0 Å². The van der Waals surface area contributed by atoms with Crippen LogP contribution in [0.25, 0.3) is 0 Å². The highest BCUT2D eigenvalue weighted by atomic mass is 35.5. The second kappa shape index (κ2) is 12.9. The lowest BCUT2D eigenvalue weighted by molar-refractivity contribution is -0.192. The molecule has 3 rings (SSSR count). The molecule has 2 saturated heterocycles. The molecule has 2 fully saturated rings. The zero-order valence-corrected chi connectivity index (χ0v) is 21.5. The third-order valence-corrected chi connectivity index (χ3v) is 8.45. The van der Waals surface area contributed by atoms with Gasteiger partial charge in [-0.3, -0.25) is 10.2 Å². The number of hydrogen-bond acceptors (Lipinski definition) is 8. The molecule has 36 heavy (non-hydrogen) atoms. The first kappa shape index (κ1) is 30.1. The largest absolute Gasteiger partial charge is 0.490 e. The van der Waals surface area contributed by atoms with Gasteiger partial charge in [0.1, 0.15) is 6.04 Å². The number of aliphatic carboxylic acids is 1. The number of carbonyl (C=O) groups is 2. The highest BCUT2D eigenvalue weighted by Gasteiger charge is 2.38. The average molecular weight is 572 g/mol. The Balaban J connectivity index is 0.000000572. The molecule has 1 aromatic rings. The normalized spacial score (nSPS) is 19.5. The van der Waals surface area contributed by atoms with Crippen molar-refractivity contribution in [2.45, 2.75) is 36.0 Å². The molecule has 1 amide bonds. The molecule has 1 unspecified atom stereocenters. The van der Waals surface area contributed by atoms with Crippen molar-refractivity contribution in [1.82, 2.24) is 19.6 Å². The third-order valence-electron chi connectivity index (χ3n) is 5.27. The summed E-state index contributed by atoms with van der Waals surface area (Å²) in [5.41, 5.74) is 3.28. The van der Waals surface area contributed by atoms with Gasteiger partial charge in [-0.25, -0.2) is 18.2 Å². The molecule has 16 heteroatoms. The number of hydrazine groups is 1. The number of halogens is 4. The van der Waals surface area contributed by atoms with E-state index in [1.165, 1.54) is 16.4 Å². The number of hydrogen-bond donors (Lipinski definition) is 2. The van der Waals surface area contributed by atoms with E-state index in [0.717, 1.165) is 0 Å². The van der Waals surface area contributed by atoms with Gasteiger partial charge in [0.2, 0.25) is 15.9 Å². The Bertz CT molecular complexity index is 1060. The molecule has 1 aromatic carbocycles. The van der Waals surface area contributed by atoms with Crippen LogP contribution in [0.15, 0.2) is 29.2 Å². The van der Waals surface area contributed by atoms with Crippen molar-refractivity contribution in [3.05, 3.63) is 29.3 Å². The number of carbonyl (C=O) groups excluding carboxylic acids is 1. The van der Waals surface area contributed by atoms with E-state index in [4.69, 9.17) is 26.8 Å². The summed E-state index contributed by atoms with van der Waals surface area (Å²) in [6.07, 6.45) is -3.79. The summed E-state index contributed by atoms with van der Waals surface area (Å²) in [6.45, 7) is 0.982. The Morgan fingerprint density at radius 2 is 1.83 bits per heavy atom. The standard InChI is InChI=1S/C18H24ClN5O3S2.C2HF3O2/c1-22(11-18(25)24-13-28-12-16(24)10-20)21-15-6-8-23(9-7-15)29(26,27)17-4-2-14(19)3-5-17;3-2(4,5)1(6)7/h2-5,15-16,21H,6-9,11-13H2,1H3;(H,6,7). The zero-order chi connectivity index (χ0) is 27.1. The molecule has 2 heterocycles. The van der Waals surface area contributed by atoms with Crippen molar-refractivity contribution >= 4 is 45.3 Å². The molecule has 10 nitrogen and oxygen atoms in total. The second-order valence-corrected chi connectivity index (χ2v) is 11.3. The Morgan fingerprint density at radius 1 is 1.28 bits per heavy atom. The maximum Gasteiger partial charge on any atom is 0.490 e. The quantitative estimate of drug-likeness (QED) is 0.492. The van der Waals surface area contributed by atoms with E-state index >= 15 is 0 Å². The van der Waals surface area contributed by atoms with Crippen molar-refractivity contribution in [3.63, 3.8) is 0 Å². The number of nitrogens with one attached hydrogen (secondary N) is 1. The van der Waals surface area contributed by atoms with Crippen molar-refractivity contribution in [3.8, 4) is 6.07 Å². The number of benzene rings is 1. The molecule has 0 spiro atoms. The molecular formula is C20H25ClF3N5O5S2. The number of sulfonamides is 1. The number of rotatable bonds is 6. The summed E-state index contributed by atoms with van der Waals surface area (Å²) in [7, 11) is -1.74. The summed E-state index contributed by atoms with van der Waals surface area (Å²) >= 11 is 7.42. The van der Waals surface area contributed by atoms with Crippen LogP contribution in [0, 0.1) is 11.3 Å². The number of piperidine rings is 1. The van der Waals surface area contributed by atoms with E-state index < -0.39 is 22.2 Å². The summed E-state index contributed by atoms with van der Waals surface area (Å²) in [6, 6.07) is 8.08. The van der Waals surface area contributed by atoms with Crippen LogP contribution in [-0.2, 0) is 19.6 Å². The van der Waals surface area contributed by atoms with Crippen LogP contribution in [0.1, 0.15) is 12.8 Å². The zero-order valence-electron chi connectivity index (χ0n) is 19.1. The van der Waals surface area contributed by atoms with Crippen molar-refractivity contribution in [2.75, 3.05) is 38.3 Å². The van der Waals surface area contributed by atoms with E-state index in [1.54, 1.807) is 40.9 Å². The van der Waals surface area contributed by atoms with Crippen LogP contribution in [0.4, 0.5) is 13.2 Å². The number of carboxylic acid groups (broad SMARTS) is 1. The lowest BCUT2D eigenvalue weighted by atomic mass is 10.1. The average Bonchev–Trinajstić information content (AvgIpc) is 3.28. The molecule has 1 atom stereocenters. The molecular weight excluding hydrogens is 547 g/mol. The molecule has 0 aliphatic carbocycles. The summed E-state index contributed by atoms with van der Waals surface area (Å²) in [5.74, 6) is -1.64. The van der Waals surface area contributed by atoms with E-state index in [-0.39, 0.29) is 29.4 Å². The van der Waals surface area contributed by atoms with Crippen molar-refractivity contribution in [2.24, 2.45) is 0 Å². The molecule has 2 aliphatic rings. The Labute approximate surface area is 216 Å². The van der Waals surface area contributed by atoms with E-state index in [9.17, 15) is 26.4 Å². The van der Waals surface area contributed by atoms with Gasteiger partial charge in [0.15, 0.2) is 0 Å². The highest BCUT2D eigenvalue weighted by molar-refractivity contribution is 7.99. The van der Waals surface area contributed by atoms with Gasteiger partial charge in [-0.1, -0.05) is 11.6 Å². The number of carboxylic acids is 1. The fraction of sp³-hybridized carbons (Fsp3) is 0.550. The minimum Gasteiger partial charge on any atom is -0.475 e. The van der Waals surface area contributed by atoms with Crippen molar-refractivity contribution < 1.29 is 36.3 Å². The van der Waals surface area contributed by atoms with Gasteiger partial charge in [0, 0.05) is 37.0 Å². The van der Waals surface area contributed by atoms with E-state index in [2.05, 4.69) is 11.5 Å². The Morgan fingerprint density at radius 3 is 2.33 bits per heavy atom. The SMILES string of the molecule is CN(CC(=O)N1CSCC1C#N)NC1CCN(S(=O)(=O)c2ccc(Cl)cc2)CC1.O=C(O)C(F)(F)F. The maximum atomic E-state index is 12.8. The predicted molar refractivity (Wildman–Crippen MR) is 126 cm³/mol. The minimum atomic E-state index is -5.08. The topological polar surface area (TPSA) is 134 Å². The van der Waals surface area contributed by atoms with Crippen LogP contribution in [-0.4, -0.2) is 96.2 Å². The van der Waals surface area contributed by atoms with E-state index in [1.807, 2.05) is 0 Å². The fourth-order valence-electron chi connectivity index (χ4n) is 3.43. The monoisotopic (exact) mass is 571 g/mol. The first-order valence-electron chi connectivity index (χ1n) is 10.6. The molecule has 2 N–H and O–H groups in total. The number of amides is 1. The third kappa shape index (κ3) is 8.49. The molecule has 0 radical (unpaired) electrons.